The van der Waals surface area contributed by atoms with Gasteiger partial charge in [0.05, 0.1) is 6.67 Å². The van der Waals surface area contributed by atoms with Gasteiger partial charge < -0.3 is 4.74 Å². The molecule has 0 saturated heterocycles. The fourth-order valence-electron chi connectivity index (χ4n) is 2.79. The Kier molecular flexibility index (Phi) is 5.97. The fraction of sp³-hybridized carbons (Fsp3) is 0.333. The van der Waals surface area contributed by atoms with Gasteiger partial charge in [0.15, 0.2) is 5.44 Å². The van der Waals surface area contributed by atoms with Crippen LogP contribution in [0.4, 0.5) is 4.39 Å². The highest BCUT2D eigenvalue weighted by Gasteiger charge is 2.19. The Balaban J connectivity index is 1.55. The normalized spacial score (nSPS) is 16.2. The molecule has 0 N–H and O–H groups in total. The van der Waals surface area contributed by atoms with Crippen LogP contribution in [0.2, 0.25) is 0 Å². The first-order chi connectivity index (χ1) is 11.8. The van der Waals surface area contributed by atoms with Crippen LogP contribution in [0.3, 0.4) is 0 Å². The van der Waals surface area contributed by atoms with Crippen molar-refractivity contribution in [2.75, 3.05) is 6.67 Å². The van der Waals surface area contributed by atoms with Gasteiger partial charge in [-0.3, -0.25) is 4.39 Å². The molecule has 1 aliphatic rings. The van der Waals surface area contributed by atoms with Gasteiger partial charge in [-0.25, -0.2) is 0 Å². The summed E-state index contributed by atoms with van der Waals surface area (Å²) in [4.78, 5) is 0. The molecule has 126 valence electrons. The third kappa shape index (κ3) is 4.41. The number of rotatable bonds is 7. The van der Waals surface area contributed by atoms with Gasteiger partial charge in [0.25, 0.3) is 0 Å². The highest BCUT2D eigenvalue weighted by Crippen LogP contribution is 2.34. The Morgan fingerprint density at radius 3 is 2.54 bits per heavy atom. The van der Waals surface area contributed by atoms with E-state index in [9.17, 15) is 4.39 Å². The molecule has 1 heterocycles. The van der Waals surface area contributed by atoms with Gasteiger partial charge in [0, 0.05) is 11.3 Å². The second-order valence-corrected chi connectivity index (χ2v) is 7.20. The maximum absolute atomic E-state index is 12.1. The highest BCUT2D eigenvalue weighted by molar-refractivity contribution is 7.99. The number of unbranched alkanes of at least 4 members (excludes halogenated alkanes) is 1. The first kappa shape index (κ1) is 17.1. The molecule has 0 fully saturated rings. The maximum Gasteiger partial charge on any atom is 0.166 e. The largest absolute Gasteiger partial charge is 0.475 e. The topological polar surface area (TPSA) is 9.23 Å². The van der Waals surface area contributed by atoms with Crippen molar-refractivity contribution in [3.8, 4) is 5.75 Å². The molecule has 0 saturated carbocycles. The van der Waals surface area contributed by atoms with Crippen molar-refractivity contribution in [3.05, 3.63) is 70.8 Å². The van der Waals surface area contributed by atoms with E-state index in [-0.39, 0.29) is 12.1 Å². The summed E-state index contributed by atoms with van der Waals surface area (Å²) >= 11 is 1.81. The fourth-order valence-corrected chi connectivity index (χ4v) is 3.83. The van der Waals surface area contributed by atoms with Crippen molar-refractivity contribution >= 4 is 17.8 Å². The lowest BCUT2D eigenvalue weighted by Crippen LogP contribution is -2.17. The van der Waals surface area contributed by atoms with E-state index in [1.807, 2.05) is 30.0 Å². The maximum atomic E-state index is 12.1. The number of benzene rings is 2. The van der Waals surface area contributed by atoms with Crippen molar-refractivity contribution in [3.63, 3.8) is 0 Å². The molecule has 0 radical (unpaired) electrons. The van der Waals surface area contributed by atoms with E-state index in [1.54, 1.807) is 0 Å². The smallest absolute Gasteiger partial charge is 0.166 e. The predicted octanol–water partition coefficient (Wildman–Crippen LogP) is 6.03. The Morgan fingerprint density at radius 2 is 1.75 bits per heavy atom. The minimum atomic E-state index is -0.216. The molecule has 0 spiro atoms. The van der Waals surface area contributed by atoms with Gasteiger partial charge in [-0.15, -0.1) is 11.8 Å². The lowest BCUT2D eigenvalue weighted by molar-refractivity contribution is 0.316. The van der Waals surface area contributed by atoms with Crippen molar-refractivity contribution in [2.45, 2.75) is 37.4 Å². The van der Waals surface area contributed by atoms with E-state index in [0.717, 1.165) is 29.9 Å². The van der Waals surface area contributed by atoms with Gasteiger partial charge in [-0.1, -0.05) is 42.5 Å². The van der Waals surface area contributed by atoms with Crippen molar-refractivity contribution in [1.82, 2.24) is 0 Å². The number of aryl methyl sites for hydroxylation is 1. The predicted molar refractivity (Wildman–Crippen MR) is 101 cm³/mol. The summed E-state index contributed by atoms with van der Waals surface area (Å²) in [5.74, 6) is 1.88. The van der Waals surface area contributed by atoms with Crippen LogP contribution in [0.25, 0.3) is 6.08 Å². The van der Waals surface area contributed by atoms with Crippen LogP contribution in [0, 0.1) is 0 Å². The lowest BCUT2D eigenvalue weighted by atomic mass is 10.1. The first-order valence-corrected chi connectivity index (χ1v) is 9.50. The average molecular weight is 342 g/mol. The van der Waals surface area contributed by atoms with Gasteiger partial charge in [0.2, 0.25) is 0 Å². The number of ether oxygens (including phenoxy) is 1. The molecule has 1 unspecified atom stereocenters. The summed E-state index contributed by atoms with van der Waals surface area (Å²) in [7, 11) is 0. The summed E-state index contributed by atoms with van der Waals surface area (Å²) in [6, 6.07) is 16.8. The quantitative estimate of drug-likeness (QED) is 0.568. The lowest BCUT2D eigenvalue weighted by Gasteiger charge is -2.25. The van der Waals surface area contributed by atoms with Crippen LogP contribution in [0.5, 0.6) is 5.75 Å². The molecule has 1 aliphatic heterocycles. The number of hydrogen-bond donors (Lipinski definition) is 0. The SMILES string of the molecule is CC1=Cc2ccccc2OC1SCc1ccc(CCCCF)cc1. The van der Waals surface area contributed by atoms with Gasteiger partial charge in [-0.05, 0) is 55.0 Å². The summed E-state index contributed by atoms with van der Waals surface area (Å²) in [5.41, 5.74) is 5.07. The summed E-state index contributed by atoms with van der Waals surface area (Å²) in [5, 5.41) is 0. The van der Waals surface area contributed by atoms with Crippen molar-refractivity contribution in [1.29, 1.82) is 0 Å². The molecular formula is C21H23FOS. The van der Waals surface area contributed by atoms with Gasteiger partial charge >= 0.3 is 0 Å². The van der Waals surface area contributed by atoms with Crippen LogP contribution in [0.1, 0.15) is 36.5 Å². The Labute approximate surface area is 147 Å². The molecule has 24 heavy (non-hydrogen) atoms. The average Bonchev–Trinajstić information content (AvgIpc) is 2.61. The van der Waals surface area contributed by atoms with Crippen LogP contribution in [-0.2, 0) is 12.2 Å². The zero-order chi connectivity index (χ0) is 16.8. The zero-order valence-electron chi connectivity index (χ0n) is 14.0. The minimum absolute atomic E-state index is 0.0733. The van der Waals surface area contributed by atoms with Gasteiger partial charge in [-0.2, -0.15) is 0 Å². The highest BCUT2D eigenvalue weighted by atomic mass is 32.2. The van der Waals surface area contributed by atoms with Crippen LogP contribution < -0.4 is 4.74 Å². The molecule has 0 amide bonds. The van der Waals surface area contributed by atoms with Crippen LogP contribution >= 0.6 is 11.8 Å². The number of halogens is 1. The summed E-state index contributed by atoms with van der Waals surface area (Å²) in [6.45, 7) is 1.91. The Hall–Kier alpha value is -1.74. The van der Waals surface area contributed by atoms with Crippen LogP contribution in [0.15, 0.2) is 54.1 Å². The zero-order valence-corrected chi connectivity index (χ0v) is 14.8. The number of thioether (sulfide) groups is 1. The van der Waals surface area contributed by atoms with E-state index in [1.165, 1.54) is 16.7 Å². The Morgan fingerprint density at radius 1 is 1.00 bits per heavy atom. The molecule has 0 bridgehead atoms. The third-order valence-corrected chi connectivity index (χ3v) is 5.45. The summed E-state index contributed by atoms with van der Waals surface area (Å²) in [6.07, 6.45) is 4.75. The van der Waals surface area contributed by atoms with Crippen molar-refractivity contribution < 1.29 is 9.13 Å². The molecule has 1 nitrogen and oxygen atoms in total. The minimum Gasteiger partial charge on any atom is -0.475 e. The molecule has 3 rings (SSSR count). The molecular weight excluding hydrogens is 319 g/mol. The second-order valence-electron chi connectivity index (χ2n) is 6.15. The first-order valence-electron chi connectivity index (χ1n) is 8.45. The molecule has 3 heteroatoms. The number of hydrogen-bond acceptors (Lipinski definition) is 2. The molecule has 0 aromatic heterocycles. The molecule has 0 aliphatic carbocycles. The standard InChI is InChI=1S/C21H23FOS/c1-16-14-19-7-2-3-8-20(19)23-21(16)24-15-18-11-9-17(10-12-18)6-4-5-13-22/h2-3,7-12,14,21H,4-6,13,15H2,1H3. The van der Waals surface area contributed by atoms with E-state index in [0.29, 0.717) is 6.42 Å². The molecule has 2 aromatic carbocycles. The van der Waals surface area contributed by atoms with Crippen molar-refractivity contribution in [2.24, 2.45) is 0 Å². The van der Waals surface area contributed by atoms with Crippen LogP contribution in [-0.4, -0.2) is 12.1 Å². The third-order valence-electron chi connectivity index (χ3n) is 4.18. The van der Waals surface area contributed by atoms with Gasteiger partial charge in [0.1, 0.15) is 5.75 Å². The monoisotopic (exact) mass is 342 g/mol. The van der Waals surface area contributed by atoms with E-state index < -0.39 is 0 Å². The number of para-hydroxylation sites is 1. The van der Waals surface area contributed by atoms with E-state index >= 15 is 0 Å². The number of alkyl halides is 1. The number of fused-ring (bicyclic) bond motifs is 1. The Bertz CT molecular complexity index is 693. The second kappa shape index (κ2) is 8.39. The molecule has 1 atom stereocenters. The summed E-state index contributed by atoms with van der Waals surface area (Å²) < 4.78 is 18.3. The molecule has 2 aromatic rings. The van der Waals surface area contributed by atoms with E-state index in [2.05, 4.69) is 43.3 Å². The van der Waals surface area contributed by atoms with E-state index in [4.69, 9.17) is 4.74 Å².